The van der Waals surface area contributed by atoms with Gasteiger partial charge in [-0.1, -0.05) is 63.3 Å². The highest BCUT2D eigenvalue weighted by atomic mass is 32.1. The Balaban J connectivity index is 2.36. The first-order valence-electron chi connectivity index (χ1n) is 8.23. The highest BCUT2D eigenvalue weighted by molar-refractivity contribution is 7.80. The summed E-state index contributed by atoms with van der Waals surface area (Å²) in [6.45, 7) is 9.15. The molecule has 2 rings (SSSR count). The molecular weight excluding hydrogens is 316 g/mol. The molecule has 0 bridgehead atoms. The molecule has 0 aliphatic carbocycles. The van der Waals surface area contributed by atoms with Gasteiger partial charge in [-0.3, -0.25) is 4.79 Å². The van der Waals surface area contributed by atoms with Gasteiger partial charge in [0.05, 0.1) is 0 Å². The van der Waals surface area contributed by atoms with Crippen LogP contribution in [-0.4, -0.2) is 17.3 Å². The minimum Gasteiger partial charge on any atom is -0.374 e. The molecule has 1 atom stereocenters. The molecule has 0 saturated carbocycles. The van der Waals surface area contributed by atoms with E-state index in [1.807, 2.05) is 66.3 Å². The third kappa shape index (κ3) is 4.26. The van der Waals surface area contributed by atoms with Crippen LogP contribution in [0.4, 0.5) is 0 Å². The second-order valence-corrected chi connectivity index (χ2v) is 7.25. The smallest absolute Gasteiger partial charge is 0.270 e. The number of pyridine rings is 1. The lowest BCUT2D eigenvalue weighted by Crippen LogP contribution is -2.51. The highest BCUT2D eigenvalue weighted by Gasteiger charge is 2.32. The Hall–Kier alpha value is -2.07. The Kier molecular flexibility index (Phi) is 5.84. The van der Waals surface area contributed by atoms with Crippen molar-refractivity contribution in [3.63, 3.8) is 0 Å². The molecule has 1 N–H and O–H groups in total. The van der Waals surface area contributed by atoms with Gasteiger partial charge in [0.1, 0.15) is 0 Å². The van der Waals surface area contributed by atoms with Gasteiger partial charge in [0.15, 0.2) is 17.4 Å². The van der Waals surface area contributed by atoms with Crippen molar-refractivity contribution in [3.05, 3.63) is 66.0 Å². The van der Waals surface area contributed by atoms with Crippen LogP contribution in [0.15, 0.2) is 54.9 Å². The molecule has 0 amide bonds. The number of nitrogens with one attached hydrogen (secondary N) is 1. The van der Waals surface area contributed by atoms with Crippen molar-refractivity contribution in [3.8, 4) is 0 Å². The quantitative estimate of drug-likeness (QED) is 0.512. The van der Waals surface area contributed by atoms with Crippen molar-refractivity contribution >= 4 is 23.0 Å². The van der Waals surface area contributed by atoms with Gasteiger partial charge in [-0.2, -0.15) is 4.57 Å². The standard InChI is InChI=1S/C20H24N2OS/c1-5-21-19(24)17(22-13-7-6-8-14-22)18(23)15-9-11-16(12-10-15)20(2,3)4/h6-14,17H,5H2,1-4H3/p+1. The van der Waals surface area contributed by atoms with E-state index in [-0.39, 0.29) is 11.2 Å². The van der Waals surface area contributed by atoms with Crippen LogP contribution in [0.25, 0.3) is 0 Å². The second kappa shape index (κ2) is 7.67. The number of benzene rings is 1. The van der Waals surface area contributed by atoms with Crippen molar-refractivity contribution < 1.29 is 9.36 Å². The molecule has 0 spiro atoms. The molecular formula is C20H25N2OS+. The van der Waals surface area contributed by atoms with Gasteiger partial charge in [-0.05, 0) is 17.9 Å². The van der Waals surface area contributed by atoms with Crippen LogP contribution in [0.5, 0.6) is 0 Å². The molecule has 0 saturated heterocycles. The minimum atomic E-state index is -0.526. The molecule has 0 radical (unpaired) electrons. The van der Waals surface area contributed by atoms with Crippen LogP contribution in [0.2, 0.25) is 0 Å². The maximum Gasteiger partial charge on any atom is 0.270 e. The Morgan fingerprint density at radius 1 is 1.12 bits per heavy atom. The van der Waals surface area contributed by atoms with Crippen LogP contribution < -0.4 is 9.88 Å². The number of Topliss-reactive ketones (excluding diaryl/α,β-unsaturated/α-hetero) is 1. The number of aromatic nitrogens is 1. The van der Waals surface area contributed by atoms with Gasteiger partial charge in [-0.15, -0.1) is 0 Å². The Bertz CT molecular complexity index is 703. The lowest BCUT2D eigenvalue weighted by Gasteiger charge is -2.19. The Morgan fingerprint density at radius 2 is 1.71 bits per heavy atom. The number of nitrogens with zero attached hydrogens (tertiary/aromatic N) is 1. The maximum absolute atomic E-state index is 13.1. The summed E-state index contributed by atoms with van der Waals surface area (Å²) in [4.78, 5) is 13.6. The number of carbonyl (C=O) groups is 1. The van der Waals surface area contributed by atoms with E-state index in [0.717, 1.165) is 0 Å². The van der Waals surface area contributed by atoms with Crippen LogP contribution in [-0.2, 0) is 5.41 Å². The van der Waals surface area contributed by atoms with E-state index in [2.05, 4.69) is 26.1 Å². The van der Waals surface area contributed by atoms with Crippen LogP contribution in [0, 0.1) is 0 Å². The van der Waals surface area contributed by atoms with Gasteiger partial charge in [0.2, 0.25) is 5.78 Å². The fourth-order valence-corrected chi connectivity index (χ4v) is 2.91. The summed E-state index contributed by atoms with van der Waals surface area (Å²) in [5.41, 5.74) is 1.94. The average molecular weight is 342 g/mol. The fraction of sp³-hybridized carbons (Fsp3) is 0.350. The lowest BCUT2D eigenvalue weighted by molar-refractivity contribution is -0.692. The van der Waals surface area contributed by atoms with E-state index in [9.17, 15) is 4.79 Å². The summed E-state index contributed by atoms with van der Waals surface area (Å²) in [6.07, 6.45) is 3.74. The summed E-state index contributed by atoms with van der Waals surface area (Å²) in [6, 6.07) is 13.0. The molecule has 4 heteroatoms. The normalized spacial score (nSPS) is 12.5. The van der Waals surface area contributed by atoms with Crippen molar-refractivity contribution in [2.75, 3.05) is 6.54 Å². The third-order valence-electron chi connectivity index (χ3n) is 3.92. The van der Waals surface area contributed by atoms with E-state index in [0.29, 0.717) is 17.1 Å². The minimum absolute atomic E-state index is 0.00221. The topological polar surface area (TPSA) is 33.0 Å². The van der Waals surface area contributed by atoms with Crippen molar-refractivity contribution in [2.24, 2.45) is 0 Å². The Morgan fingerprint density at radius 3 is 2.21 bits per heavy atom. The third-order valence-corrected chi connectivity index (χ3v) is 4.29. The summed E-state index contributed by atoms with van der Waals surface area (Å²) >= 11 is 5.47. The van der Waals surface area contributed by atoms with Gasteiger partial charge < -0.3 is 5.32 Å². The summed E-state index contributed by atoms with van der Waals surface area (Å²) < 4.78 is 1.85. The Labute approximate surface area is 149 Å². The first-order valence-corrected chi connectivity index (χ1v) is 8.63. The number of hydrogen-bond donors (Lipinski definition) is 1. The predicted molar refractivity (Wildman–Crippen MR) is 101 cm³/mol. The molecule has 0 aliphatic heterocycles. The summed E-state index contributed by atoms with van der Waals surface area (Å²) in [7, 11) is 0. The molecule has 1 aromatic heterocycles. The molecule has 24 heavy (non-hydrogen) atoms. The number of likely N-dealkylation sites (N-methyl/N-ethyl adjacent to an activating group) is 1. The first-order chi connectivity index (χ1) is 11.3. The number of rotatable bonds is 5. The molecule has 0 aliphatic rings. The van der Waals surface area contributed by atoms with Crippen LogP contribution in [0.3, 0.4) is 0 Å². The average Bonchev–Trinajstić information content (AvgIpc) is 2.55. The molecule has 3 nitrogen and oxygen atoms in total. The van der Waals surface area contributed by atoms with Crippen LogP contribution >= 0.6 is 12.2 Å². The van der Waals surface area contributed by atoms with Gasteiger partial charge >= 0.3 is 0 Å². The van der Waals surface area contributed by atoms with Gasteiger partial charge in [0.25, 0.3) is 6.04 Å². The predicted octanol–water partition coefficient (Wildman–Crippen LogP) is 3.63. The number of ketones is 1. The zero-order valence-corrected chi connectivity index (χ0v) is 15.6. The van der Waals surface area contributed by atoms with E-state index < -0.39 is 6.04 Å². The molecule has 126 valence electrons. The second-order valence-electron chi connectivity index (χ2n) is 6.81. The van der Waals surface area contributed by atoms with E-state index in [4.69, 9.17) is 12.2 Å². The lowest BCUT2D eigenvalue weighted by atomic mass is 9.86. The van der Waals surface area contributed by atoms with E-state index in [1.165, 1.54) is 5.56 Å². The zero-order chi connectivity index (χ0) is 17.7. The SMILES string of the molecule is CCNC(=S)C(C(=O)c1ccc(C(C)(C)C)cc1)[n+]1ccccc1. The van der Waals surface area contributed by atoms with Crippen LogP contribution in [0.1, 0.15) is 49.7 Å². The first kappa shape index (κ1) is 18.3. The largest absolute Gasteiger partial charge is 0.374 e. The molecule has 1 heterocycles. The summed E-state index contributed by atoms with van der Waals surface area (Å²) in [5.74, 6) is -0.00221. The molecule has 2 aromatic rings. The summed E-state index contributed by atoms with van der Waals surface area (Å²) in [5, 5.41) is 3.12. The van der Waals surface area contributed by atoms with E-state index >= 15 is 0 Å². The van der Waals surface area contributed by atoms with Gasteiger partial charge in [0, 0.05) is 24.2 Å². The number of hydrogen-bond acceptors (Lipinski definition) is 2. The highest BCUT2D eigenvalue weighted by Crippen LogP contribution is 2.23. The van der Waals surface area contributed by atoms with Crippen molar-refractivity contribution in [1.29, 1.82) is 0 Å². The molecule has 1 aromatic carbocycles. The molecule has 1 unspecified atom stereocenters. The number of carbonyl (C=O) groups excluding carboxylic acids is 1. The monoisotopic (exact) mass is 341 g/mol. The zero-order valence-electron chi connectivity index (χ0n) is 14.7. The fourth-order valence-electron chi connectivity index (χ4n) is 2.54. The maximum atomic E-state index is 13.1. The number of thiocarbonyl (C=S) groups is 1. The van der Waals surface area contributed by atoms with Gasteiger partial charge in [-0.25, -0.2) is 0 Å². The van der Waals surface area contributed by atoms with Crippen molar-refractivity contribution in [1.82, 2.24) is 5.32 Å². The molecule has 0 fully saturated rings. The van der Waals surface area contributed by atoms with Crippen molar-refractivity contribution in [2.45, 2.75) is 39.2 Å². The van der Waals surface area contributed by atoms with E-state index in [1.54, 1.807) is 0 Å².